The van der Waals surface area contributed by atoms with Crippen molar-refractivity contribution in [3.8, 4) is 5.75 Å². The van der Waals surface area contributed by atoms with E-state index >= 15 is 0 Å². The Morgan fingerprint density at radius 2 is 1.76 bits per heavy atom. The van der Waals surface area contributed by atoms with Gasteiger partial charge in [0.25, 0.3) is 0 Å². The average molecular weight is 506 g/mol. The molecule has 5 rings (SSSR count). The van der Waals surface area contributed by atoms with Crippen molar-refractivity contribution in [1.29, 1.82) is 0 Å². The van der Waals surface area contributed by atoms with Gasteiger partial charge in [-0.15, -0.1) is 0 Å². The molecule has 37 heavy (non-hydrogen) atoms. The van der Waals surface area contributed by atoms with Crippen molar-refractivity contribution in [2.24, 2.45) is 0 Å². The maximum Gasteiger partial charge on any atom is 0.234 e. The standard InChI is InChI=1S/C30H39N3O4/c34-27-17-25-10-11-26(18-27)33(25)30(36)16-23-9-12-28-24(15-23)20-32(19-22-7-3-1-4-8-22)21-29(35)31-13-5-2-6-14-37-28/h1,3-4,7-9,12,15,25-27,34H,2,5-6,10-11,13-14,16-21H2,(H,31,35). The van der Waals surface area contributed by atoms with Gasteiger partial charge in [-0.2, -0.15) is 0 Å². The molecule has 3 heterocycles. The van der Waals surface area contributed by atoms with Crippen molar-refractivity contribution in [3.05, 3.63) is 65.2 Å². The van der Waals surface area contributed by atoms with Crippen LogP contribution in [0.2, 0.25) is 0 Å². The number of aliphatic hydroxyl groups excluding tert-OH is 1. The summed E-state index contributed by atoms with van der Waals surface area (Å²) < 4.78 is 6.20. The summed E-state index contributed by atoms with van der Waals surface area (Å²) in [5, 5.41) is 13.2. The Balaban J connectivity index is 1.36. The lowest BCUT2D eigenvalue weighted by Crippen LogP contribution is -2.48. The van der Waals surface area contributed by atoms with Gasteiger partial charge in [0.1, 0.15) is 5.75 Å². The third-order valence-corrected chi connectivity index (χ3v) is 7.89. The minimum Gasteiger partial charge on any atom is -0.493 e. The van der Waals surface area contributed by atoms with Crippen LogP contribution in [0.5, 0.6) is 5.75 Å². The van der Waals surface area contributed by atoms with Crippen molar-refractivity contribution in [2.75, 3.05) is 19.7 Å². The molecule has 2 unspecified atom stereocenters. The van der Waals surface area contributed by atoms with E-state index in [1.165, 1.54) is 0 Å². The van der Waals surface area contributed by atoms with Crippen LogP contribution in [0.4, 0.5) is 0 Å². The summed E-state index contributed by atoms with van der Waals surface area (Å²) in [4.78, 5) is 30.3. The Bertz CT molecular complexity index is 1060. The molecular formula is C30H39N3O4. The first-order chi connectivity index (χ1) is 18.0. The Hall–Kier alpha value is -2.90. The van der Waals surface area contributed by atoms with Gasteiger partial charge in [0.05, 0.1) is 25.7 Å². The number of ether oxygens (including phenoxy) is 1. The highest BCUT2D eigenvalue weighted by Crippen LogP contribution is 2.36. The van der Waals surface area contributed by atoms with E-state index in [1.807, 2.05) is 35.2 Å². The summed E-state index contributed by atoms with van der Waals surface area (Å²) >= 11 is 0. The van der Waals surface area contributed by atoms with E-state index < -0.39 is 0 Å². The zero-order valence-corrected chi connectivity index (χ0v) is 21.6. The maximum atomic E-state index is 13.3. The minimum atomic E-state index is -0.284. The number of piperidine rings is 1. The molecule has 2 aromatic rings. The van der Waals surface area contributed by atoms with Gasteiger partial charge >= 0.3 is 0 Å². The Labute approximate surface area is 219 Å². The monoisotopic (exact) mass is 505 g/mol. The van der Waals surface area contributed by atoms with Crippen LogP contribution in [-0.4, -0.2) is 64.6 Å². The highest BCUT2D eigenvalue weighted by molar-refractivity contribution is 5.80. The second-order valence-electron chi connectivity index (χ2n) is 10.8. The first-order valence-corrected chi connectivity index (χ1v) is 13.8. The van der Waals surface area contributed by atoms with Crippen LogP contribution in [0.1, 0.15) is 61.6 Å². The Kier molecular flexibility index (Phi) is 8.41. The van der Waals surface area contributed by atoms with Crippen molar-refractivity contribution in [2.45, 2.75) is 82.6 Å². The van der Waals surface area contributed by atoms with Crippen molar-refractivity contribution >= 4 is 11.8 Å². The van der Waals surface area contributed by atoms with E-state index in [9.17, 15) is 14.7 Å². The molecule has 2 N–H and O–H groups in total. The summed E-state index contributed by atoms with van der Waals surface area (Å²) in [5.41, 5.74) is 3.12. The van der Waals surface area contributed by atoms with Gasteiger partial charge in [0.15, 0.2) is 0 Å². The molecule has 0 radical (unpaired) electrons. The van der Waals surface area contributed by atoms with Crippen LogP contribution in [0.3, 0.4) is 0 Å². The number of carbonyl (C=O) groups excluding carboxylic acids is 2. The fraction of sp³-hybridized carbons (Fsp3) is 0.533. The molecular weight excluding hydrogens is 466 g/mol. The van der Waals surface area contributed by atoms with Gasteiger partial charge in [-0.3, -0.25) is 14.5 Å². The Morgan fingerprint density at radius 3 is 2.54 bits per heavy atom. The van der Waals surface area contributed by atoms with E-state index in [-0.39, 0.29) is 30.0 Å². The van der Waals surface area contributed by atoms with Gasteiger partial charge in [-0.1, -0.05) is 42.5 Å². The summed E-state index contributed by atoms with van der Waals surface area (Å²) in [6.45, 7) is 2.83. The predicted octanol–water partition coefficient (Wildman–Crippen LogP) is 3.42. The van der Waals surface area contributed by atoms with Crippen molar-refractivity contribution in [3.63, 3.8) is 0 Å². The molecule has 2 amide bonds. The first kappa shape index (κ1) is 25.7. The van der Waals surface area contributed by atoms with Gasteiger partial charge in [-0.05, 0) is 62.1 Å². The normalized spacial score (nSPS) is 25.2. The van der Waals surface area contributed by atoms with Gasteiger partial charge in [0, 0.05) is 37.3 Å². The molecule has 3 aliphatic rings. The summed E-state index contributed by atoms with van der Waals surface area (Å²) in [7, 11) is 0. The molecule has 2 fully saturated rings. The number of nitrogens with zero attached hydrogens (tertiary/aromatic N) is 2. The Morgan fingerprint density at radius 1 is 0.973 bits per heavy atom. The van der Waals surface area contributed by atoms with Gasteiger partial charge < -0.3 is 20.1 Å². The molecule has 0 spiro atoms. The van der Waals surface area contributed by atoms with Gasteiger partial charge in [0.2, 0.25) is 11.8 Å². The second kappa shape index (κ2) is 12.1. The second-order valence-corrected chi connectivity index (χ2v) is 10.8. The summed E-state index contributed by atoms with van der Waals surface area (Å²) in [6.07, 6.45) is 6.30. The van der Waals surface area contributed by atoms with Crippen LogP contribution in [0.15, 0.2) is 48.5 Å². The topological polar surface area (TPSA) is 82.1 Å². The number of nitrogens with one attached hydrogen (secondary N) is 1. The van der Waals surface area contributed by atoms with Crippen LogP contribution in [0, 0.1) is 0 Å². The molecule has 3 aliphatic heterocycles. The summed E-state index contributed by atoms with van der Waals surface area (Å²) in [5.74, 6) is 1.01. The van der Waals surface area contributed by atoms with E-state index in [0.717, 1.165) is 54.5 Å². The van der Waals surface area contributed by atoms with Crippen LogP contribution < -0.4 is 10.1 Å². The third kappa shape index (κ3) is 6.70. The lowest BCUT2D eigenvalue weighted by atomic mass is 9.98. The molecule has 198 valence electrons. The fourth-order valence-electron chi connectivity index (χ4n) is 6.15. The zero-order valence-electron chi connectivity index (χ0n) is 21.6. The number of carbonyl (C=O) groups is 2. The minimum absolute atomic E-state index is 0.0340. The fourth-order valence-corrected chi connectivity index (χ4v) is 6.15. The molecule has 7 nitrogen and oxygen atoms in total. The van der Waals surface area contributed by atoms with Crippen molar-refractivity contribution < 1.29 is 19.4 Å². The van der Waals surface area contributed by atoms with E-state index in [2.05, 4.69) is 28.4 Å². The smallest absolute Gasteiger partial charge is 0.234 e. The number of hydrogen-bond acceptors (Lipinski definition) is 5. The number of fused-ring (bicyclic) bond motifs is 3. The van der Waals surface area contributed by atoms with Gasteiger partial charge in [-0.25, -0.2) is 0 Å². The zero-order chi connectivity index (χ0) is 25.6. The predicted molar refractivity (Wildman–Crippen MR) is 142 cm³/mol. The largest absolute Gasteiger partial charge is 0.493 e. The number of benzene rings is 2. The molecule has 0 saturated carbocycles. The molecule has 7 heteroatoms. The number of aliphatic hydroxyl groups is 1. The molecule has 2 atom stereocenters. The van der Waals surface area contributed by atoms with Crippen LogP contribution in [-0.2, 0) is 29.1 Å². The molecule has 2 aromatic carbocycles. The molecule has 0 aromatic heterocycles. The number of rotatable bonds is 4. The quantitative estimate of drug-likeness (QED) is 0.666. The first-order valence-electron chi connectivity index (χ1n) is 13.8. The molecule has 2 saturated heterocycles. The molecule has 2 bridgehead atoms. The average Bonchev–Trinajstić information content (AvgIpc) is 3.16. The number of hydrogen-bond donors (Lipinski definition) is 2. The third-order valence-electron chi connectivity index (χ3n) is 7.89. The summed E-state index contributed by atoms with van der Waals surface area (Å²) in [6, 6.07) is 16.6. The SMILES string of the molecule is O=C1CN(Cc2ccccc2)Cc2cc(CC(=O)N3C4CCC3CC(O)C4)ccc2OCCCCCN1. The van der Waals surface area contributed by atoms with E-state index in [1.54, 1.807) is 0 Å². The lowest BCUT2D eigenvalue weighted by molar-refractivity contribution is -0.136. The van der Waals surface area contributed by atoms with E-state index in [4.69, 9.17) is 4.74 Å². The maximum absolute atomic E-state index is 13.3. The lowest BCUT2D eigenvalue weighted by Gasteiger charge is -2.37. The highest BCUT2D eigenvalue weighted by Gasteiger charge is 2.42. The number of amides is 2. The highest BCUT2D eigenvalue weighted by atomic mass is 16.5. The van der Waals surface area contributed by atoms with Crippen molar-refractivity contribution in [1.82, 2.24) is 15.1 Å². The van der Waals surface area contributed by atoms with Crippen LogP contribution >= 0.6 is 0 Å². The molecule has 0 aliphatic carbocycles. The van der Waals surface area contributed by atoms with Crippen LogP contribution in [0.25, 0.3) is 0 Å². The van der Waals surface area contributed by atoms with E-state index in [0.29, 0.717) is 52.0 Å².